The summed E-state index contributed by atoms with van der Waals surface area (Å²) in [4.78, 5) is 24.6. The number of carbonyl (C=O) groups excluding carboxylic acids is 2. The molecule has 2 amide bonds. The lowest BCUT2D eigenvalue weighted by Crippen LogP contribution is -2.42. The predicted molar refractivity (Wildman–Crippen MR) is 107 cm³/mol. The fourth-order valence-electron chi connectivity index (χ4n) is 3.06. The lowest BCUT2D eigenvalue weighted by atomic mass is 9.98. The van der Waals surface area contributed by atoms with Gasteiger partial charge in [0.25, 0.3) is 11.8 Å². The first-order valence-corrected chi connectivity index (χ1v) is 11.6. The fourth-order valence-corrected chi connectivity index (χ4v) is 4.98. The Morgan fingerprint density at radius 1 is 1.25 bits per heavy atom. The topological polar surface area (TPSA) is 109 Å². The Balaban J connectivity index is 1.51. The second-order valence-corrected chi connectivity index (χ2v) is 9.72. The summed E-state index contributed by atoms with van der Waals surface area (Å²) in [6, 6.07) is 4.83. The van der Waals surface area contributed by atoms with E-state index >= 15 is 0 Å². The first kappa shape index (κ1) is 20.6. The van der Waals surface area contributed by atoms with Crippen LogP contribution in [0, 0.1) is 5.92 Å². The molecule has 3 heterocycles. The zero-order chi connectivity index (χ0) is 20.1. The molecule has 0 radical (unpaired) electrons. The van der Waals surface area contributed by atoms with E-state index in [1.54, 1.807) is 30.5 Å². The highest BCUT2D eigenvalue weighted by molar-refractivity contribution is 7.89. The average molecular weight is 426 g/mol. The standard InChI is InChI=1S/C18H23N3O5S2/c1-2-28(24,25)21-8-5-13(6-9-21)12-19-16(22)14-7-11-27-18(14)20-17(23)15-4-3-10-26-15/h3-4,7,10-11,13H,2,5-6,8-9,12H2,1H3,(H,19,22)(H,20,23). The van der Waals surface area contributed by atoms with Crippen molar-refractivity contribution in [3.8, 4) is 0 Å². The summed E-state index contributed by atoms with van der Waals surface area (Å²) >= 11 is 1.26. The second kappa shape index (κ2) is 8.89. The maximum Gasteiger partial charge on any atom is 0.291 e. The van der Waals surface area contributed by atoms with E-state index in [2.05, 4.69) is 10.6 Å². The number of nitrogens with one attached hydrogen (secondary N) is 2. The van der Waals surface area contributed by atoms with Crippen molar-refractivity contribution in [3.05, 3.63) is 41.2 Å². The van der Waals surface area contributed by atoms with E-state index in [0.29, 0.717) is 43.0 Å². The van der Waals surface area contributed by atoms with E-state index in [-0.39, 0.29) is 23.3 Å². The van der Waals surface area contributed by atoms with Crippen LogP contribution in [0.5, 0.6) is 0 Å². The van der Waals surface area contributed by atoms with Crippen LogP contribution in [0.3, 0.4) is 0 Å². The molecule has 2 aromatic heterocycles. The van der Waals surface area contributed by atoms with Crippen LogP contribution in [0.4, 0.5) is 5.00 Å². The maximum atomic E-state index is 12.5. The molecule has 1 aliphatic rings. The lowest BCUT2D eigenvalue weighted by molar-refractivity contribution is 0.0942. The molecule has 2 aromatic rings. The van der Waals surface area contributed by atoms with Gasteiger partial charge < -0.3 is 15.1 Å². The van der Waals surface area contributed by atoms with E-state index in [4.69, 9.17) is 4.42 Å². The minimum Gasteiger partial charge on any atom is -0.459 e. The van der Waals surface area contributed by atoms with Crippen molar-refractivity contribution in [2.75, 3.05) is 30.7 Å². The summed E-state index contributed by atoms with van der Waals surface area (Å²) in [5.74, 6) is -0.162. The van der Waals surface area contributed by atoms with Crippen LogP contribution in [0.1, 0.15) is 40.7 Å². The molecule has 2 N–H and O–H groups in total. The van der Waals surface area contributed by atoms with E-state index in [1.807, 2.05) is 0 Å². The summed E-state index contributed by atoms with van der Waals surface area (Å²) < 4.78 is 30.4. The number of thiophene rings is 1. The first-order valence-electron chi connectivity index (χ1n) is 9.09. The largest absolute Gasteiger partial charge is 0.459 e. The van der Waals surface area contributed by atoms with Crippen molar-refractivity contribution in [1.82, 2.24) is 9.62 Å². The van der Waals surface area contributed by atoms with E-state index in [1.165, 1.54) is 21.9 Å². The van der Waals surface area contributed by atoms with Crippen LogP contribution in [-0.2, 0) is 10.0 Å². The fraction of sp³-hybridized carbons (Fsp3) is 0.444. The number of carbonyl (C=O) groups is 2. The highest BCUT2D eigenvalue weighted by Crippen LogP contribution is 2.25. The van der Waals surface area contributed by atoms with Crippen molar-refractivity contribution in [2.24, 2.45) is 5.92 Å². The molecule has 0 saturated carbocycles. The molecule has 28 heavy (non-hydrogen) atoms. The minimum atomic E-state index is -3.15. The van der Waals surface area contributed by atoms with Crippen LogP contribution in [0.15, 0.2) is 34.3 Å². The van der Waals surface area contributed by atoms with Gasteiger partial charge in [-0.15, -0.1) is 11.3 Å². The monoisotopic (exact) mass is 425 g/mol. The van der Waals surface area contributed by atoms with Crippen molar-refractivity contribution in [2.45, 2.75) is 19.8 Å². The number of nitrogens with zero attached hydrogens (tertiary/aromatic N) is 1. The van der Waals surface area contributed by atoms with E-state index < -0.39 is 15.9 Å². The van der Waals surface area contributed by atoms with Gasteiger partial charge >= 0.3 is 0 Å². The van der Waals surface area contributed by atoms with Crippen molar-refractivity contribution >= 4 is 38.2 Å². The quantitative estimate of drug-likeness (QED) is 0.708. The Hall–Kier alpha value is -2.17. The zero-order valence-electron chi connectivity index (χ0n) is 15.5. The van der Waals surface area contributed by atoms with Gasteiger partial charge in [-0.2, -0.15) is 0 Å². The van der Waals surface area contributed by atoms with Gasteiger partial charge in [0.1, 0.15) is 5.00 Å². The Bertz CT molecular complexity index is 913. The van der Waals surface area contributed by atoms with E-state index in [0.717, 1.165) is 0 Å². The number of hydrogen-bond acceptors (Lipinski definition) is 6. The number of furan rings is 1. The van der Waals surface area contributed by atoms with Gasteiger partial charge in [-0.25, -0.2) is 12.7 Å². The Morgan fingerprint density at radius 3 is 2.64 bits per heavy atom. The average Bonchev–Trinajstić information content (AvgIpc) is 3.38. The Labute approximate surface area is 168 Å². The molecule has 3 rings (SSSR count). The SMILES string of the molecule is CCS(=O)(=O)N1CCC(CNC(=O)c2ccsc2NC(=O)c2ccco2)CC1. The van der Waals surface area contributed by atoms with Gasteiger partial charge in [0.2, 0.25) is 10.0 Å². The van der Waals surface area contributed by atoms with Gasteiger partial charge in [-0.1, -0.05) is 0 Å². The summed E-state index contributed by atoms with van der Waals surface area (Å²) in [5.41, 5.74) is 0.399. The zero-order valence-corrected chi connectivity index (χ0v) is 17.1. The molecule has 0 bridgehead atoms. The first-order chi connectivity index (χ1) is 13.4. The highest BCUT2D eigenvalue weighted by Gasteiger charge is 2.27. The molecular weight excluding hydrogens is 402 g/mol. The molecule has 0 aromatic carbocycles. The van der Waals surface area contributed by atoms with Crippen LogP contribution in [-0.4, -0.2) is 49.9 Å². The molecule has 0 unspecified atom stereocenters. The van der Waals surface area contributed by atoms with Crippen molar-refractivity contribution in [3.63, 3.8) is 0 Å². The number of rotatable bonds is 7. The molecule has 0 atom stereocenters. The van der Waals surface area contributed by atoms with Crippen LogP contribution < -0.4 is 10.6 Å². The molecule has 1 saturated heterocycles. The second-order valence-electron chi connectivity index (χ2n) is 6.55. The summed E-state index contributed by atoms with van der Waals surface area (Å²) in [6.45, 7) is 3.09. The molecular formula is C18H23N3O5S2. The normalized spacial score (nSPS) is 16.0. The number of piperidine rings is 1. The van der Waals surface area contributed by atoms with Crippen molar-refractivity contribution < 1.29 is 22.4 Å². The van der Waals surface area contributed by atoms with E-state index in [9.17, 15) is 18.0 Å². The van der Waals surface area contributed by atoms with Gasteiger partial charge in [-0.3, -0.25) is 9.59 Å². The molecule has 0 spiro atoms. The maximum absolute atomic E-state index is 12.5. The third-order valence-electron chi connectivity index (χ3n) is 4.76. The van der Waals surface area contributed by atoms with Crippen LogP contribution >= 0.6 is 11.3 Å². The number of anilines is 1. The van der Waals surface area contributed by atoms with Gasteiger partial charge in [-0.05, 0) is 49.3 Å². The molecule has 1 aliphatic heterocycles. The van der Waals surface area contributed by atoms with Gasteiger partial charge in [0.15, 0.2) is 5.76 Å². The molecule has 1 fully saturated rings. The highest BCUT2D eigenvalue weighted by atomic mass is 32.2. The van der Waals surface area contributed by atoms with Gasteiger partial charge in [0.05, 0.1) is 17.6 Å². The van der Waals surface area contributed by atoms with Gasteiger partial charge in [0, 0.05) is 19.6 Å². The van der Waals surface area contributed by atoms with Crippen LogP contribution in [0.2, 0.25) is 0 Å². The third kappa shape index (κ3) is 4.81. The molecule has 8 nitrogen and oxygen atoms in total. The lowest BCUT2D eigenvalue weighted by Gasteiger charge is -2.31. The van der Waals surface area contributed by atoms with Crippen LogP contribution in [0.25, 0.3) is 0 Å². The van der Waals surface area contributed by atoms with Crippen molar-refractivity contribution in [1.29, 1.82) is 0 Å². The smallest absolute Gasteiger partial charge is 0.291 e. The Kier molecular flexibility index (Phi) is 6.53. The summed E-state index contributed by atoms with van der Waals surface area (Å²) in [5, 5.41) is 7.79. The molecule has 10 heteroatoms. The molecule has 0 aliphatic carbocycles. The minimum absolute atomic E-state index is 0.110. The number of hydrogen-bond donors (Lipinski definition) is 2. The molecule has 152 valence electrons. The third-order valence-corrected chi connectivity index (χ3v) is 7.48. The number of sulfonamides is 1. The summed E-state index contributed by atoms with van der Waals surface area (Å²) in [6.07, 6.45) is 2.84. The number of amides is 2. The summed E-state index contributed by atoms with van der Waals surface area (Å²) in [7, 11) is -3.15. The Morgan fingerprint density at radius 2 is 2.00 bits per heavy atom. The predicted octanol–water partition coefficient (Wildman–Crippen LogP) is 2.38.